The Morgan fingerprint density at radius 3 is 2.85 bits per heavy atom. The van der Waals surface area contributed by atoms with E-state index in [2.05, 4.69) is 6.92 Å². The summed E-state index contributed by atoms with van der Waals surface area (Å²) in [4.78, 5) is 14.5. The highest BCUT2D eigenvalue weighted by atomic mass is 16.7. The maximum absolute atomic E-state index is 12.6. The molecule has 148 valence electrons. The number of carbonyl (C=O) groups is 1. The number of likely N-dealkylation sites (tertiary alicyclic amines) is 1. The molecule has 6 heteroatoms. The van der Waals surface area contributed by atoms with Gasteiger partial charge in [-0.3, -0.25) is 4.79 Å². The van der Waals surface area contributed by atoms with Gasteiger partial charge in [0.1, 0.15) is 0 Å². The van der Waals surface area contributed by atoms with E-state index < -0.39 is 0 Å². The van der Waals surface area contributed by atoms with Crippen LogP contribution in [0.25, 0.3) is 6.08 Å². The summed E-state index contributed by atoms with van der Waals surface area (Å²) in [5.74, 6) is 1.67. The van der Waals surface area contributed by atoms with Crippen molar-refractivity contribution in [2.45, 2.75) is 32.5 Å². The van der Waals surface area contributed by atoms with Crippen molar-refractivity contribution in [1.82, 2.24) is 4.90 Å². The van der Waals surface area contributed by atoms with E-state index in [9.17, 15) is 4.79 Å². The average molecular weight is 375 g/mol. The molecule has 0 N–H and O–H groups in total. The number of methoxy groups -OCH3 is 1. The summed E-state index contributed by atoms with van der Waals surface area (Å²) in [6.07, 6.45) is 6.23. The standard InChI is InChI=1S/C21H29NO5/c1-3-11-25-18-8-6-16(14-19(18)24-2)7-9-20(23)22-10-4-5-17(15-22)21-26-12-13-27-21/h6-9,14,17,21H,3-5,10-13,15H2,1-2H3/b9-7+. The number of amides is 1. The second-order valence-electron chi connectivity index (χ2n) is 6.89. The third kappa shape index (κ3) is 5.23. The second-order valence-corrected chi connectivity index (χ2v) is 6.89. The van der Waals surface area contributed by atoms with Crippen LogP contribution in [0.15, 0.2) is 24.3 Å². The van der Waals surface area contributed by atoms with Gasteiger partial charge in [-0.05, 0) is 43.0 Å². The molecular formula is C21H29NO5. The summed E-state index contributed by atoms with van der Waals surface area (Å²) in [5.41, 5.74) is 0.903. The molecule has 0 saturated carbocycles. The lowest BCUT2D eigenvalue weighted by Gasteiger charge is -2.34. The van der Waals surface area contributed by atoms with Crippen molar-refractivity contribution in [1.29, 1.82) is 0 Å². The first-order valence-electron chi connectivity index (χ1n) is 9.72. The van der Waals surface area contributed by atoms with Gasteiger partial charge in [0.05, 0.1) is 26.9 Å². The number of hydrogen-bond acceptors (Lipinski definition) is 5. The predicted octanol–water partition coefficient (Wildman–Crippen LogP) is 3.11. The molecule has 0 aromatic heterocycles. The van der Waals surface area contributed by atoms with Gasteiger partial charge in [-0.2, -0.15) is 0 Å². The van der Waals surface area contributed by atoms with Crippen LogP contribution in [0.5, 0.6) is 11.5 Å². The molecule has 0 aliphatic carbocycles. The molecule has 1 aromatic rings. The summed E-state index contributed by atoms with van der Waals surface area (Å²) in [6.45, 7) is 5.46. The number of carbonyl (C=O) groups excluding carboxylic acids is 1. The molecule has 1 unspecified atom stereocenters. The first-order valence-corrected chi connectivity index (χ1v) is 9.72. The number of ether oxygens (including phenoxy) is 4. The summed E-state index contributed by atoms with van der Waals surface area (Å²) in [7, 11) is 1.62. The van der Waals surface area contributed by atoms with E-state index in [0.717, 1.165) is 37.1 Å². The highest BCUT2D eigenvalue weighted by Crippen LogP contribution is 2.29. The fraction of sp³-hybridized carbons (Fsp3) is 0.571. The lowest BCUT2D eigenvalue weighted by molar-refractivity contribution is -0.134. The van der Waals surface area contributed by atoms with Crippen LogP contribution < -0.4 is 9.47 Å². The quantitative estimate of drug-likeness (QED) is 0.686. The molecule has 27 heavy (non-hydrogen) atoms. The van der Waals surface area contributed by atoms with E-state index in [1.165, 1.54) is 0 Å². The molecule has 2 heterocycles. The molecule has 2 aliphatic heterocycles. The Kier molecular flexibility index (Phi) is 7.12. The Balaban J connectivity index is 1.60. The van der Waals surface area contributed by atoms with Crippen LogP contribution in [0, 0.1) is 5.92 Å². The number of rotatable bonds is 7. The van der Waals surface area contributed by atoms with E-state index in [0.29, 0.717) is 32.1 Å². The summed E-state index contributed by atoms with van der Waals surface area (Å²) < 4.78 is 22.3. The van der Waals surface area contributed by atoms with Gasteiger partial charge in [-0.1, -0.05) is 13.0 Å². The lowest BCUT2D eigenvalue weighted by atomic mass is 9.97. The van der Waals surface area contributed by atoms with Crippen LogP contribution in [0.4, 0.5) is 0 Å². The minimum Gasteiger partial charge on any atom is -0.493 e. The monoisotopic (exact) mass is 375 g/mol. The van der Waals surface area contributed by atoms with E-state index in [1.54, 1.807) is 13.2 Å². The molecule has 2 fully saturated rings. The lowest BCUT2D eigenvalue weighted by Crippen LogP contribution is -2.43. The smallest absolute Gasteiger partial charge is 0.246 e. The maximum atomic E-state index is 12.6. The normalized spacial score (nSPS) is 21.0. The second kappa shape index (κ2) is 9.76. The van der Waals surface area contributed by atoms with Gasteiger partial charge in [0.2, 0.25) is 5.91 Å². The minimum atomic E-state index is -0.162. The fourth-order valence-corrected chi connectivity index (χ4v) is 3.47. The van der Waals surface area contributed by atoms with Crippen molar-refractivity contribution < 1.29 is 23.7 Å². The minimum absolute atomic E-state index is 0.0166. The Labute approximate surface area is 161 Å². The van der Waals surface area contributed by atoms with Gasteiger partial charge in [0.15, 0.2) is 17.8 Å². The molecule has 0 spiro atoms. The summed E-state index contributed by atoms with van der Waals surface area (Å²) in [6, 6.07) is 5.69. The number of piperidine rings is 1. The fourth-order valence-electron chi connectivity index (χ4n) is 3.47. The largest absolute Gasteiger partial charge is 0.493 e. The van der Waals surface area contributed by atoms with Crippen molar-refractivity contribution in [3.05, 3.63) is 29.8 Å². The molecule has 1 aromatic carbocycles. The van der Waals surface area contributed by atoms with Crippen molar-refractivity contribution in [3.63, 3.8) is 0 Å². The predicted molar refractivity (Wildman–Crippen MR) is 103 cm³/mol. The highest BCUT2D eigenvalue weighted by molar-refractivity contribution is 5.92. The van der Waals surface area contributed by atoms with Gasteiger partial charge >= 0.3 is 0 Å². The Morgan fingerprint density at radius 2 is 2.11 bits per heavy atom. The number of benzene rings is 1. The summed E-state index contributed by atoms with van der Waals surface area (Å²) >= 11 is 0. The SMILES string of the molecule is CCCOc1ccc(/C=C/C(=O)N2CCCC(C3OCCO3)C2)cc1OC. The number of hydrogen-bond donors (Lipinski definition) is 0. The van der Waals surface area contributed by atoms with E-state index in [-0.39, 0.29) is 18.1 Å². The van der Waals surface area contributed by atoms with Crippen molar-refractivity contribution in [2.24, 2.45) is 5.92 Å². The zero-order chi connectivity index (χ0) is 19.1. The van der Waals surface area contributed by atoms with Crippen molar-refractivity contribution in [3.8, 4) is 11.5 Å². The third-order valence-electron chi connectivity index (χ3n) is 4.87. The van der Waals surface area contributed by atoms with Gasteiger partial charge < -0.3 is 23.8 Å². The molecule has 2 aliphatic rings. The molecule has 2 saturated heterocycles. The first-order chi connectivity index (χ1) is 13.2. The third-order valence-corrected chi connectivity index (χ3v) is 4.87. The van der Waals surface area contributed by atoms with Crippen LogP contribution in [0.1, 0.15) is 31.7 Å². The van der Waals surface area contributed by atoms with Crippen molar-refractivity contribution >= 4 is 12.0 Å². The maximum Gasteiger partial charge on any atom is 0.246 e. The zero-order valence-corrected chi connectivity index (χ0v) is 16.2. The topological polar surface area (TPSA) is 57.2 Å². The Bertz CT molecular complexity index is 654. The number of nitrogens with zero attached hydrogens (tertiary/aromatic N) is 1. The molecule has 3 rings (SSSR count). The average Bonchev–Trinajstić information content (AvgIpc) is 3.25. The van der Waals surface area contributed by atoms with Crippen LogP contribution >= 0.6 is 0 Å². The van der Waals surface area contributed by atoms with E-state index in [1.807, 2.05) is 29.2 Å². The zero-order valence-electron chi connectivity index (χ0n) is 16.2. The van der Waals surface area contributed by atoms with E-state index >= 15 is 0 Å². The Morgan fingerprint density at radius 1 is 1.30 bits per heavy atom. The molecule has 1 atom stereocenters. The van der Waals surface area contributed by atoms with Gasteiger partial charge in [0.25, 0.3) is 0 Å². The van der Waals surface area contributed by atoms with Gasteiger partial charge in [-0.15, -0.1) is 0 Å². The van der Waals surface area contributed by atoms with Crippen LogP contribution in [0.3, 0.4) is 0 Å². The van der Waals surface area contributed by atoms with E-state index in [4.69, 9.17) is 18.9 Å². The molecule has 6 nitrogen and oxygen atoms in total. The molecule has 0 radical (unpaired) electrons. The van der Waals surface area contributed by atoms with Gasteiger partial charge in [0, 0.05) is 25.1 Å². The van der Waals surface area contributed by atoms with Crippen LogP contribution in [-0.4, -0.2) is 57.1 Å². The Hall–Kier alpha value is -2.05. The molecule has 0 bridgehead atoms. The van der Waals surface area contributed by atoms with Crippen molar-refractivity contribution in [2.75, 3.05) is 40.0 Å². The molecule has 1 amide bonds. The first kappa shape index (κ1) is 19.7. The summed E-state index contributed by atoms with van der Waals surface area (Å²) in [5, 5.41) is 0. The van der Waals surface area contributed by atoms with Crippen LogP contribution in [0.2, 0.25) is 0 Å². The highest BCUT2D eigenvalue weighted by Gasteiger charge is 2.32. The molecular weight excluding hydrogens is 346 g/mol. The van der Waals surface area contributed by atoms with Crippen LogP contribution in [-0.2, 0) is 14.3 Å². The van der Waals surface area contributed by atoms with Gasteiger partial charge in [-0.25, -0.2) is 0 Å².